The summed E-state index contributed by atoms with van der Waals surface area (Å²) in [5.74, 6) is 0.703. The molecule has 5 atom stereocenters. The zero-order chi connectivity index (χ0) is 13.8. The second-order valence-corrected chi connectivity index (χ2v) is 6.85. The topological polar surface area (TPSA) is 52.6 Å². The van der Waals surface area contributed by atoms with Gasteiger partial charge in [0.05, 0.1) is 11.5 Å². The summed E-state index contributed by atoms with van der Waals surface area (Å²) in [4.78, 5) is 24.2. The van der Waals surface area contributed by atoms with Gasteiger partial charge in [-0.05, 0) is 39.0 Å². The van der Waals surface area contributed by atoms with Gasteiger partial charge in [-0.1, -0.05) is 6.92 Å². The Morgan fingerprint density at radius 3 is 2.84 bits per heavy atom. The van der Waals surface area contributed by atoms with E-state index in [4.69, 9.17) is 9.47 Å². The molecule has 0 amide bonds. The summed E-state index contributed by atoms with van der Waals surface area (Å²) < 4.78 is 11.4. The monoisotopic (exact) mass is 266 g/mol. The molecule has 4 fully saturated rings. The predicted molar refractivity (Wildman–Crippen MR) is 68.4 cm³/mol. The SMILES string of the molecule is CCC(C)(C)C(=O)OC1C2CC3CC2C(=O)COC31. The van der Waals surface area contributed by atoms with Crippen LogP contribution >= 0.6 is 0 Å². The fourth-order valence-electron chi connectivity index (χ4n) is 3.72. The molecule has 0 aromatic rings. The van der Waals surface area contributed by atoms with Crippen LogP contribution in [-0.4, -0.2) is 30.6 Å². The lowest BCUT2D eigenvalue weighted by atomic mass is 9.83. The van der Waals surface area contributed by atoms with Gasteiger partial charge in [-0.25, -0.2) is 0 Å². The smallest absolute Gasteiger partial charge is 0.311 e. The van der Waals surface area contributed by atoms with Crippen LogP contribution in [0.5, 0.6) is 0 Å². The van der Waals surface area contributed by atoms with E-state index >= 15 is 0 Å². The standard InChI is InChI=1S/C15H22O4/c1-4-15(2,3)14(17)19-13-10-6-8-5-9(10)11(16)7-18-12(8)13/h8-10,12-13H,4-7H2,1-3H3. The number of esters is 1. The molecule has 19 heavy (non-hydrogen) atoms. The molecule has 4 bridgehead atoms. The summed E-state index contributed by atoms with van der Waals surface area (Å²) in [6, 6.07) is 0. The molecular weight excluding hydrogens is 244 g/mol. The molecule has 2 heterocycles. The molecule has 2 saturated carbocycles. The number of ether oxygens (including phenoxy) is 2. The molecule has 4 rings (SSSR count). The van der Waals surface area contributed by atoms with Crippen LogP contribution in [0, 0.1) is 23.2 Å². The van der Waals surface area contributed by atoms with Crippen molar-refractivity contribution in [2.75, 3.05) is 6.61 Å². The quantitative estimate of drug-likeness (QED) is 0.733. The maximum Gasteiger partial charge on any atom is 0.311 e. The van der Waals surface area contributed by atoms with Gasteiger partial charge in [0.15, 0.2) is 5.78 Å². The van der Waals surface area contributed by atoms with Gasteiger partial charge in [-0.3, -0.25) is 9.59 Å². The molecule has 0 N–H and O–H groups in total. The Labute approximate surface area is 113 Å². The third-order valence-corrected chi connectivity index (χ3v) is 5.37. The third-order valence-electron chi connectivity index (χ3n) is 5.37. The summed E-state index contributed by atoms with van der Waals surface area (Å²) in [6.45, 7) is 6.00. The van der Waals surface area contributed by atoms with Crippen molar-refractivity contribution in [2.45, 2.75) is 52.2 Å². The lowest BCUT2D eigenvalue weighted by molar-refractivity contribution is -0.171. The van der Waals surface area contributed by atoms with E-state index in [-0.39, 0.29) is 42.4 Å². The minimum atomic E-state index is -0.458. The molecule has 4 heteroatoms. The predicted octanol–water partition coefficient (Wildman–Crippen LogP) is 1.96. The van der Waals surface area contributed by atoms with Crippen LogP contribution in [0.25, 0.3) is 0 Å². The van der Waals surface area contributed by atoms with Crippen LogP contribution in [0.3, 0.4) is 0 Å². The Morgan fingerprint density at radius 1 is 1.42 bits per heavy atom. The van der Waals surface area contributed by atoms with Gasteiger partial charge in [0.1, 0.15) is 12.7 Å². The van der Waals surface area contributed by atoms with Crippen molar-refractivity contribution in [3.8, 4) is 0 Å². The highest BCUT2D eigenvalue weighted by Crippen LogP contribution is 2.53. The first-order chi connectivity index (χ1) is 8.94. The molecular formula is C15H22O4. The van der Waals surface area contributed by atoms with E-state index in [0.29, 0.717) is 5.92 Å². The third kappa shape index (κ3) is 1.92. The minimum Gasteiger partial charge on any atom is -0.459 e. The lowest BCUT2D eigenvalue weighted by Gasteiger charge is -2.32. The number of carbonyl (C=O) groups excluding carboxylic acids is 2. The van der Waals surface area contributed by atoms with Gasteiger partial charge >= 0.3 is 5.97 Å². The average Bonchev–Trinajstić information content (AvgIpc) is 2.86. The molecule has 4 nitrogen and oxygen atoms in total. The van der Waals surface area contributed by atoms with Crippen molar-refractivity contribution < 1.29 is 19.1 Å². The number of fused-ring (bicyclic) bond motifs is 2. The van der Waals surface area contributed by atoms with Crippen molar-refractivity contribution >= 4 is 11.8 Å². The number of carbonyl (C=O) groups is 2. The van der Waals surface area contributed by atoms with Crippen molar-refractivity contribution in [3.05, 3.63) is 0 Å². The molecule has 2 aliphatic heterocycles. The van der Waals surface area contributed by atoms with Crippen LogP contribution in [0.15, 0.2) is 0 Å². The zero-order valence-corrected chi connectivity index (χ0v) is 11.8. The molecule has 0 aromatic heterocycles. The van der Waals surface area contributed by atoms with Gasteiger partial charge in [-0.15, -0.1) is 0 Å². The summed E-state index contributed by atoms with van der Waals surface area (Å²) >= 11 is 0. The van der Waals surface area contributed by atoms with Gasteiger partial charge in [-0.2, -0.15) is 0 Å². The van der Waals surface area contributed by atoms with E-state index in [9.17, 15) is 9.59 Å². The van der Waals surface area contributed by atoms with Crippen LogP contribution in [0.4, 0.5) is 0 Å². The molecule has 0 aromatic carbocycles. The van der Waals surface area contributed by atoms with E-state index in [0.717, 1.165) is 19.3 Å². The van der Waals surface area contributed by atoms with Crippen molar-refractivity contribution in [2.24, 2.45) is 23.2 Å². The fourth-order valence-corrected chi connectivity index (χ4v) is 3.72. The molecule has 4 aliphatic rings. The average molecular weight is 266 g/mol. The van der Waals surface area contributed by atoms with Gasteiger partial charge < -0.3 is 9.47 Å². The lowest BCUT2D eigenvalue weighted by Crippen LogP contribution is -2.42. The summed E-state index contributed by atoms with van der Waals surface area (Å²) in [6.07, 6.45) is 2.41. The number of hydrogen-bond donors (Lipinski definition) is 0. The zero-order valence-electron chi connectivity index (χ0n) is 11.8. The van der Waals surface area contributed by atoms with Gasteiger partial charge in [0.25, 0.3) is 0 Å². The first-order valence-corrected chi connectivity index (χ1v) is 7.29. The number of rotatable bonds is 3. The van der Waals surface area contributed by atoms with Gasteiger partial charge in [0, 0.05) is 11.8 Å². The van der Waals surface area contributed by atoms with Gasteiger partial charge in [0.2, 0.25) is 0 Å². The summed E-state index contributed by atoms with van der Waals surface area (Å²) in [5.41, 5.74) is -0.458. The van der Waals surface area contributed by atoms with Crippen molar-refractivity contribution in [1.29, 1.82) is 0 Å². The highest BCUT2D eigenvalue weighted by Gasteiger charge is 2.59. The molecule has 5 unspecified atom stereocenters. The van der Waals surface area contributed by atoms with E-state index in [1.807, 2.05) is 20.8 Å². The molecule has 2 saturated heterocycles. The Morgan fingerprint density at radius 2 is 2.16 bits per heavy atom. The number of ketones is 1. The van der Waals surface area contributed by atoms with Crippen LogP contribution in [0.2, 0.25) is 0 Å². The highest BCUT2D eigenvalue weighted by molar-refractivity contribution is 5.84. The first kappa shape index (κ1) is 13.1. The molecule has 0 radical (unpaired) electrons. The normalized spacial score (nSPS) is 40.6. The molecule has 106 valence electrons. The second kappa shape index (κ2) is 4.30. The highest BCUT2D eigenvalue weighted by atomic mass is 16.6. The summed E-state index contributed by atoms with van der Waals surface area (Å²) in [7, 11) is 0. The van der Waals surface area contributed by atoms with Crippen LogP contribution in [0.1, 0.15) is 40.0 Å². The van der Waals surface area contributed by atoms with Crippen LogP contribution in [-0.2, 0) is 19.1 Å². The minimum absolute atomic E-state index is 0.0516. The van der Waals surface area contributed by atoms with E-state index in [1.54, 1.807) is 0 Å². The largest absolute Gasteiger partial charge is 0.459 e. The Hall–Kier alpha value is -0.900. The fraction of sp³-hybridized carbons (Fsp3) is 0.867. The number of Topliss-reactive ketones (excluding diaryl/α,β-unsaturated/α-hetero) is 1. The van der Waals surface area contributed by atoms with Crippen molar-refractivity contribution in [3.63, 3.8) is 0 Å². The Balaban J connectivity index is 1.77. The maximum atomic E-state index is 12.2. The van der Waals surface area contributed by atoms with E-state index in [1.165, 1.54) is 0 Å². The Bertz CT molecular complexity index is 414. The summed E-state index contributed by atoms with van der Waals surface area (Å²) in [5, 5.41) is 0. The van der Waals surface area contributed by atoms with E-state index < -0.39 is 5.41 Å². The second-order valence-electron chi connectivity index (χ2n) is 6.85. The van der Waals surface area contributed by atoms with E-state index in [2.05, 4.69) is 0 Å². The first-order valence-electron chi connectivity index (χ1n) is 7.29. The molecule has 2 aliphatic carbocycles. The van der Waals surface area contributed by atoms with Crippen LogP contribution < -0.4 is 0 Å². The number of hydrogen-bond acceptors (Lipinski definition) is 4. The Kier molecular flexibility index (Phi) is 2.97. The van der Waals surface area contributed by atoms with Crippen molar-refractivity contribution in [1.82, 2.24) is 0 Å². The molecule has 0 spiro atoms. The maximum absolute atomic E-state index is 12.2.